The van der Waals surface area contributed by atoms with Gasteiger partial charge in [0.1, 0.15) is 11.9 Å². The molecule has 0 bridgehead atoms. The molecule has 0 spiro atoms. The molecule has 1 aromatic carbocycles. The molecule has 0 unspecified atom stereocenters. The van der Waals surface area contributed by atoms with Gasteiger partial charge in [-0.2, -0.15) is 13.2 Å². The first-order valence-corrected chi connectivity index (χ1v) is 9.41. The van der Waals surface area contributed by atoms with Gasteiger partial charge < -0.3 is 14.8 Å². The Hall–Kier alpha value is -2.55. The number of hydrogen-bond donors (Lipinski definition) is 1. The van der Waals surface area contributed by atoms with E-state index < -0.39 is 11.7 Å². The second-order valence-corrected chi connectivity index (χ2v) is 7.09. The standard InChI is InChI=1S/C19H19ClF3N3O3/c20-13-9-24-18(25-10-13)29-15-6-4-14(5-7-15)26-17(27)11-28-16-3-1-2-12(8-16)19(21,22)23/h1-3,8-10,14-15H,4-7,11H2,(H,26,27). The van der Waals surface area contributed by atoms with Gasteiger partial charge in [0.05, 0.1) is 23.0 Å². The van der Waals surface area contributed by atoms with Gasteiger partial charge in [0.2, 0.25) is 0 Å². The lowest BCUT2D eigenvalue weighted by Gasteiger charge is -2.28. The van der Waals surface area contributed by atoms with Gasteiger partial charge in [-0.15, -0.1) is 0 Å². The van der Waals surface area contributed by atoms with Crippen LogP contribution in [-0.4, -0.2) is 34.6 Å². The molecular weight excluding hydrogens is 411 g/mol. The van der Waals surface area contributed by atoms with Crippen LogP contribution in [0.15, 0.2) is 36.7 Å². The van der Waals surface area contributed by atoms with Gasteiger partial charge in [0.15, 0.2) is 6.61 Å². The number of alkyl halides is 3. The number of carbonyl (C=O) groups excluding carboxylic acids is 1. The zero-order chi connectivity index (χ0) is 20.9. The van der Waals surface area contributed by atoms with Crippen molar-refractivity contribution in [3.8, 4) is 11.8 Å². The van der Waals surface area contributed by atoms with Crippen molar-refractivity contribution in [3.05, 3.63) is 47.2 Å². The lowest BCUT2D eigenvalue weighted by molar-refractivity contribution is -0.137. The summed E-state index contributed by atoms with van der Waals surface area (Å²) in [5, 5.41) is 3.26. The molecule has 1 saturated carbocycles. The summed E-state index contributed by atoms with van der Waals surface area (Å²) in [6.07, 6.45) is 1.24. The first-order valence-electron chi connectivity index (χ1n) is 9.03. The number of carbonyl (C=O) groups is 1. The monoisotopic (exact) mass is 429 g/mol. The second kappa shape index (κ2) is 9.30. The maximum atomic E-state index is 12.7. The zero-order valence-corrected chi connectivity index (χ0v) is 16.0. The number of aromatic nitrogens is 2. The lowest BCUT2D eigenvalue weighted by Crippen LogP contribution is -2.41. The van der Waals surface area contributed by atoms with Crippen molar-refractivity contribution < 1.29 is 27.4 Å². The molecule has 0 radical (unpaired) electrons. The van der Waals surface area contributed by atoms with Gasteiger partial charge >= 0.3 is 12.2 Å². The highest BCUT2D eigenvalue weighted by molar-refractivity contribution is 6.30. The highest BCUT2D eigenvalue weighted by Gasteiger charge is 2.30. The van der Waals surface area contributed by atoms with E-state index in [1.54, 1.807) is 0 Å². The number of rotatable bonds is 6. The minimum Gasteiger partial charge on any atom is -0.484 e. The van der Waals surface area contributed by atoms with Gasteiger partial charge in [0, 0.05) is 6.04 Å². The molecule has 1 aliphatic carbocycles. The van der Waals surface area contributed by atoms with Gasteiger partial charge in [-0.3, -0.25) is 4.79 Å². The van der Waals surface area contributed by atoms with Crippen LogP contribution in [0.25, 0.3) is 0 Å². The van der Waals surface area contributed by atoms with E-state index in [9.17, 15) is 18.0 Å². The van der Waals surface area contributed by atoms with Crippen LogP contribution in [0.2, 0.25) is 5.02 Å². The van der Waals surface area contributed by atoms with E-state index in [0.29, 0.717) is 30.7 Å². The fourth-order valence-electron chi connectivity index (χ4n) is 3.02. The molecule has 0 atom stereocenters. The van der Waals surface area contributed by atoms with Crippen LogP contribution in [0.4, 0.5) is 13.2 Å². The lowest BCUT2D eigenvalue weighted by atomic mass is 9.93. The summed E-state index contributed by atoms with van der Waals surface area (Å²) in [6, 6.07) is 4.65. The molecule has 1 N–H and O–H groups in total. The molecule has 3 rings (SSSR count). The van der Waals surface area contributed by atoms with E-state index in [2.05, 4.69) is 15.3 Å². The summed E-state index contributed by atoms with van der Waals surface area (Å²) in [4.78, 5) is 20.0. The minimum absolute atomic E-state index is 0.00459. The van der Waals surface area contributed by atoms with E-state index in [1.807, 2.05) is 0 Å². The van der Waals surface area contributed by atoms with E-state index in [0.717, 1.165) is 12.1 Å². The van der Waals surface area contributed by atoms with E-state index in [1.165, 1.54) is 24.5 Å². The average Bonchev–Trinajstić information content (AvgIpc) is 2.69. The number of nitrogens with zero attached hydrogens (tertiary/aromatic N) is 2. The van der Waals surface area contributed by atoms with Crippen molar-refractivity contribution in [2.75, 3.05) is 6.61 Å². The Kier molecular flexibility index (Phi) is 6.79. The number of benzene rings is 1. The smallest absolute Gasteiger partial charge is 0.416 e. The molecule has 29 heavy (non-hydrogen) atoms. The largest absolute Gasteiger partial charge is 0.484 e. The summed E-state index contributed by atoms with van der Waals surface area (Å²) in [7, 11) is 0. The van der Waals surface area contributed by atoms with E-state index >= 15 is 0 Å². The molecule has 156 valence electrons. The van der Waals surface area contributed by atoms with Crippen molar-refractivity contribution >= 4 is 17.5 Å². The SMILES string of the molecule is O=C(COc1cccc(C(F)(F)F)c1)NC1CCC(Oc2ncc(Cl)cn2)CC1. The highest BCUT2D eigenvalue weighted by Crippen LogP contribution is 2.31. The summed E-state index contributed by atoms with van der Waals surface area (Å²) in [5.41, 5.74) is -0.821. The fraction of sp³-hybridized carbons (Fsp3) is 0.421. The molecule has 1 aromatic heterocycles. The number of hydrogen-bond acceptors (Lipinski definition) is 5. The first-order chi connectivity index (χ1) is 13.8. The van der Waals surface area contributed by atoms with Crippen molar-refractivity contribution in [1.29, 1.82) is 0 Å². The molecule has 1 aliphatic rings. The third kappa shape index (κ3) is 6.49. The molecule has 6 nitrogen and oxygen atoms in total. The summed E-state index contributed by atoms with van der Waals surface area (Å²) < 4.78 is 49.0. The number of amides is 1. The molecule has 0 saturated heterocycles. The Labute approximate surface area is 170 Å². The van der Waals surface area contributed by atoms with Crippen LogP contribution in [0.1, 0.15) is 31.2 Å². The van der Waals surface area contributed by atoms with Crippen LogP contribution in [0.3, 0.4) is 0 Å². The van der Waals surface area contributed by atoms with Crippen molar-refractivity contribution in [2.24, 2.45) is 0 Å². The summed E-state index contributed by atoms with van der Waals surface area (Å²) >= 11 is 5.73. The van der Waals surface area contributed by atoms with Gasteiger partial charge in [0.25, 0.3) is 5.91 Å². The van der Waals surface area contributed by atoms with Crippen LogP contribution < -0.4 is 14.8 Å². The Morgan fingerprint density at radius 3 is 2.52 bits per heavy atom. The maximum absolute atomic E-state index is 12.7. The molecule has 0 aliphatic heterocycles. The Morgan fingerprint density at radius 1 is 1.17 bits per heavy atom. The van der Waals surface area contributed by atoms with Gasteiger partial charge in [-0.25, -0.2) is 9.97 Å². The molecule has 1 amide bonds. The summed E-state index contributed by atoms with van der Waals surface area (Å²) in [5.74, 6) is -0.386. The fourth-order valence-corrected chi connectivity index (χ4v) is 3.11. The summed E-state index contributed by atoms with van der Waals surface area (Å²) in [6.45, 7) is -0.351. The van der Waals surface area contributed by atoms with Crippen molar-refractivity contribution in [2.45, 2.75) is 44.0 Å². The van der Waals surface area contributed by atoms with Crippen LogP contribution in [0.5, 0.6) is 11.8 Å². The van der Waals surface area contributed by atoms with Crippen molar-refractivity contribution in [3.63, 3.8) is 0 Å². The van der Waals surface area contributed by atoms with Gasteiger partial charge in [-0.1, -0.05) is 17.7 Å². The van der Waals surface area contributed by atoms with E-state index in [4.69, 9.17) is 21.1 Å². The normalized spacial score (nSPS) is 19.4. The predicted octanol–water partition coefficient (Wildman–Crippen LogP) is 4.03. The van der Waals surface area contributed by atoms with Crippen LogP contribution in [0, 0.1) is 0 Å². The Morgan fingerprint density at radius 2 is 1.86 bits per heavy atom. The second-order valence-electron chi connectivity index (χ2n) is 6.66. The molecule has 1 fully saturated rings. The third-order valence-electron chi connectivity index (χ3n) is 4.44. The highest BCUT2D eigenvalue weighted by atomic mass is 35.5. The third-order valence-corrected chi connectivity index (χ3v) is 4.63. The number of halogens is 4. The van der Waals surface area contributed by atoms with E-state index in [-0.39, 0.29) is 36.4 Å². The molecule has 2 aromatic rings. The van der Waals surface area contributed by atoms with Crippen LogP contribution >= 0.6 is 11.6 Å². The Bertz CT molecular complexity index is 825. The number of ether oxygens (including phenoxy) is 2. The maximum Gasteiger partial charge on any atom is 0.416 e. The minimum atomic E-state index is -4.46. The topological polar surface area (TPSA) is 73.3 Å². The first kappa shape index (κ1) is 21.2. The Balaban J connectivity index is 1.40. The zero-order valence-electron chi connectivity index (χ0n) is 15.3. The van der Waals surface area contributed by atoms with Gasteiger partial charge in [-0.05, 0) is 43.9 Å². The predicted molar refractivity (Wildman–Crippen MR) is 98.8 cm³/mol. The number of nitrogens with one attached hydrogen (secondary N) is 1. The average molecular weight is 430 g/mol. The quantitative estimate of drug-likeness (QED) is 0.750. The van der Waals surface area contributed by atoms with Crippen LogP contribution in [-0.2, 0) is 11.0 Å². The molecular formula is C19H19ClF3N3O3. The van der Waals surface area contributed by atoms with Crippen molar-refractivity contribution in [1.82, 2.24) is 15.3 Å². The molecule has 10 heteroatoms. The molecule has 1 heterocycles.